The molecule has 2 saturated heterocycles. The highest BCUT2D eigenvalue weighted by Crippen LogP contribution is 2.26. The van der Waals surface area contributed by atoms with E-state index in [0.717, 1.165) is 61.9 Å². The number of carbonyl (C=O) groups is 1. The van der Waals surface area contributed by atoms with Crippen LogP contribution in [-0.4, -0.2) is 68.2 Å². The largest absolute Gasteiger partial charge is 0.377 e. The second kappa shape index (κ2) is 10.5. The molecule has 0 aromatic heterocycles. The quantitative estimate of drug-likeness (QED) is 0.689. The summed E-state index contributed by atoms with van der Waals surface area (Å²) in [6, 6.07) is 7.84. The van der Waals surface area contributed by atoms with Crippen LogP contribution >= 0.6 is 11.8 Å². The lowest BCUT2D eigenvalue weighted by Gasteiger charge is -2.34. The number of benzene rings is 1. The number of morpholine rings is 1. The first-order chi connectivity index (χ1) is 13.1. The van der Waals surface area contributed by atoms with Crippen LogP contribution in [0.3, 0.4) is 0 Å². The van der Waals surface area contributed by atoms with E-state index in [9.17, 15) is 4.79 Å². The first kappa shape index (κ1) is 20.6. The van der Waals surface area contributed by atoms with Gasteiger partial charge in [-0.3, -0.25) is 9.69 Å². The number of hydrogen-bond donors (Lipinski definition) is 1. The van der Waals surface area contributed by atoms with E-state index in [1.807, 2.05) is 24.3 Å². The van der Waals surface area contributed by atoms with Gasteiger partial charge in [0, 0.05) is 43.4 Å². The Hall–Kier alpha value is -1.08. The van der Waals surface area contributed by atoms with Gasteiger partial charge in [0.25, 0.3) is 5.91 Å². The summed E-state index contributed by atoms with van der Waals surface area (Å²) in [7, 11) is 0. The van der Waals surface area contributed by atoms with Crippen molar-refractivity contribution in [2.24, 2.45) is 5.92 Å². The van der Waals surface area contributed by atoms with E-state index in [0.29, 0.717) is 18.6 Å². The third kappa shape index (κ3) is 6.49. The minimum absolute atomic E-state index is 0.0185. The molecular weight excluding hydrogens is 360 g/mol. The second-order valence-corrected chi connectivity index (χ2v) is 8.86. The molecule has 2 atom stereocenters. The van der Waals surface area contributed by atoms with E-state index in [2.05, 4.69) is 24.1 Å². The molecule has 0 radical (unpaired) electrons. The zero-order valence-electron chi connectivity index (χ0n) is 16.5. The van der Waals surface area contributed by atoms with Crippen molar-refractivity contribution in [3.05, 3.63) is 29.8 Å². The predicted octanol–water partition coefficient (Wildman–Crippen LogP) is 3.04. The molecule has 2 fully saturated rings. The average Bonchev–Trinajstić information content (AvgIpc) is 3.18. The maximum absolute atomic E-state index is 12.7. The Morgan fingerprint density at radius 1 is 1.26 bits per heavy atom. The lowest BCUT2D eigenvalue weighted by atomic mass is 10.1. The summed E-state index contributed by atoms with van der Waals surface area (Å²) >= 11 is 1.72. The molecule has 1 aromatic carbocycles. The number of hydrogen-bond acceptors (Lipinski definition) is 5. The topological polar surface area (TPSA) is 50.8 Å². The standard InChI is InChI=1S/C21H32N2O3S/c1-16(2)13-23-9-11-26-18(14-23)12-22-21(24)19-7-3-4-8-20(19)27-15-17-6-5-10-25-17/h3-4,7-8,16-18H,5-6,9-15H2,1-2H3,(H,22,24). The molecule has 2 unspecified atom stereocenters. The molecule has 0 saturated carbocycles. The zero-order chi connectivity index (χ0) is 19.1. The van der Waals surface area contributed by atoms with Gasteiger partial charge in [0.2, 0.25) is 0 Å². The molecule has 2 aliphatic heterocycles. The van der Waals surface area contributed by atoms with Gasteiger partial charge in [0.15, 0.2) is 0 Å². The van der Waals surface area contributed by atoms with Crippen LogP contribution in [0.15, 0.2) is 29.2 Å². The number of rotatable bonds is 8. The molecule has 1 N–H and O–H groups in total. The van der Waals surface area contributed by atoms with Crippen LogP contribution in [0.4, 0.5) is 0 Å². The molecule has 27 heavy (non-hydrogen) atoms. The van der Waals surface area contributed by atoms with E-state index in [4.69, 9.17) is 9.47 Å². The number of ether oxygens (including phenoxy) is 2. The lowest BCUT2D eigenvalue weighted by Crippen LogP contribution is -2.48. The molecule has 1 aromatic rings. The van der Waals surface area contributed by atoms with Crippen LogP contribution in [0.25, 0.3) is 0 Å². The Labute approximate surface area is 167 Å². The van der Waals surface area contributed by atoms with E-state index in [1.165, 1.54) is 0 Å². The van der Waals surface area contributed by atoms with E-state index in [1.54, 1.807) is 11.8 Å². The van der Waals surface area contributed by atoms with Gasteiger partial charge in [-0.25, -0.2) is 0 Å². The van der Waals surface area contributed by atoms with Gasteiger partial charge < -0.3 is 14.8 Å². The molecule has 3 rings (SSSR count). The van der Waals surface area contributed by atoms with Crippen molar-refractivity contribution in [1.29, 1.82) is 0 Å². The highest BCUT2D eigenvalue weighted by Gasteiger charge is 2.22. The summed E-state index contributed by atoms with van der Waals surface area (Å²) in [6.07, 6.45) is 2.64. The van der Waals surface area contributed by atoms with Crippen LogP contribution in [0.2, 0.25) is 0 Å². The Bertz CT molecular complexity index is 605. The van der Waals surface area contributed by atoms with Crippen molar-refractivity contribution in [2.45, 2.75) is 43.8 Å². The fourth-order valence-electron chi connectivity index (χ4n) is 3.63. The first-order valence-corrected chi connectivity index (χ1v) is 11.1. The minimum Gasteiger partial charge on any atom is -0.377 e. The van der Waals surface area contributed by atoms with Gasteiger partial charge in [0.1, 0.15) is 0 Å². The van der Waals surface area contributed by atoms with E-state index >= 15 is 0 Å². The monoisotopic (exact) mass is 392 g/mol. The van der Waals surface area contributed by atoms with Crippen molar-refractivity contribution in [1.82, 2.24) is 10.2 Å². The molecule has 2 aliphatic rings. The fraction of sp³-hybridized carbons (Fsp3) is 0.667. The third-order valence-corrected chi connectivity index (χ3v) is 6.12. The molecule has 5 nitrogen and oxygen atoms in total. The third-order valence-electron chi connectivity index (χ3n) is 4.92. The molecule has 0 bridgehead atoms. The Balaban J connectivity index is 1.50. The highest BCUT2D eigenvalue weighted by molar-refractivity contribution is 7.99. The van der Waals surface area contributed by atoms with Gasteiger partial charge >= 0.3 is 0 Å². The summed E-state index contributed by atoms with van der Waals surface area (Å²) in [4.78, 5) is 16.2. The molecule has 6 heteroatoms. The average molecular weight is 393 g/mol. The van der Waals surface area contributed by atoms with Crippen LogP contribution in [0, 0.1) is 5.92 Å². The van der Waals surface area contributed by atoms with Crippen molar-refractivity contribution in [3.63, 3.8) is 0 Å². The number of nitrogens with zero attached hydrogens (tertiary/aromatic N) is 1. The van der Waals surface area contributed by atoms with Gasteiger partial charge in [-0.15, -0.1) is 11.8 Å². The van der Waals surface area contributed by atoms with Gasteiger partial charge in [0.05, 0.1) is 24.4 Å². The maximum atomic E-state index is 12.7. The number of amides is 1. The molecule has 2 heterocycles. The molecule has 0 aliphatic carbocycles. The Kier molecular flexibility index (Phi) is 8.00. The molecule has 0 spiro atoms. The van der Waals surface area contributed by atoms with Crippen molar-refractivity contribution in [2.75, 3.05) is 45.1 Å². The summed E-state index contributed by atoms with van der Waals surface area (Å²) in [5.74, 6) is 1.53. The Morgan fingerprint density at radius 2 is 2.07 bits per heavy atom. The summed E-state index contributed by atoms with van der Waals surface area (Å²) < 4.78 is 11.5. The molecular formula is C21H32N2O3S. The first-order valence-electron chi connectivity index (χ1n) is 10.1. The predicted molar refractivity (Wildman–Crippen MR) is 109 cm³/mol. The van der Waals surface area contributed by atoms with Crippen LogP contribution in [-0.2, 0) is 9.47 Å². The van der Waals surface area contributed by atoms with Gasteiger partial charge in [-0.1, -0.05) is 26.0 Å². The SMILES string of the molecule is CC(C)CN1CCOC(CNC(=O)c2ccccc2SCC2CCCO2)C1. The van der Waals surface area contributed by atoms with Crippen molar-refractivity contribution < 1.29 is 14.3 Å². The summed E-state index contributed by atoms with van der Waals surface area (Å²) in [5, 5.41) is 3.08. The zero-order valence-corrected chi connectivity index (χ0v) is 17.3. The normalized spacial score (nSPS) is 23.7. The van der Waals surface area contributed by atoms with Crippen molar-refractivity contribution in [3.8, 4) is 0 Å². The fourth-order valence-corrected chi connectivity index (χ4v) is 4.75. The van der Waals surface area contributed by atoms with Crippen LogP contribution < -0.4 is 5.32 Å². The van der Waals surface area contributed by atoms with E-state index < -0.39 is 0 Å². The smallest absolute Gasteiger partial charge is 0.252 e. The minimum atomic E-state index is -0.0185. The summed E-state index contributed by atoms with van der Waals surface area (Å²) in [6.45, 7) is 9.56. The van der Waals surface area contributed by atoms with Gasteiger partial charge in [-0.05, 0) is 30.9 Å². The van der Waals surface area contributed by atoms with Gasteiger partial charge in [-0.2, -0.15) is 0 Å². The maximum Gasteiger partial charge on any atom is 0.252 e. The second-order valence-electron chi connectivity index (χ2n) is 7.80. The van der Waals surface area contributed by atoms with Crippen LogP contribution in [0.5, 0.6) is 0 Å². The Morgan fingerprint density at radius 3 is 2.85 bits per heavy atom. The lowest BCUT2D eigenvalue weighted by molar-refractivity contribution is -0.0295. The van der Waals surface area contributed by atoms with Crippen molar-refractivity contribution >= 4 is 17.7 Å². The number of nitrogens with one attached hydrogen (secondary N) is 1. The number of carbonyl (C=O) groups excluding carboxylic acids is 1. The summed E-state index contributed by atoms with van der Waals surface area (Å²) in [5.41, 5.74) is 0.746. The molecule has 1 amide bonds. The van der Waals surface area contributed by atoms with E-state index in [-0.39, 0.29) is 12.0 Å². The molecule has 150 valence electrons. The highest BCUT2D eigenvalue weighted by atomic mass is 32.2. The number of thioether (sulfide) groups is 1. The van der Waals surface area contributed by atoms with Crippen LogP contribution in [0.1, 0.15) is 37.0 Å².